The molecule has 6 nitrogen and oxygen atoms in total. The summed E-state index contributed by atoms with van der Waals surface area (Å²) >= 11 is 0. The van der Waals surface area contributed by atoms with Crippen LogP contribution in [0.3, 0.4) is 0 Å². The first-order valence-corrected chi connectivity index (χ1v) is 10.1. The van der Waals surface area contributed by atoms with Crippen LogP contribution in [-0.4, -0.2) is 60.2 Å². The van der Waals surface area contributed by atoms with Crippen LogP contribution >= 0.6 is 0 Å². The van der Waals surface area contributed by atoms with Gasteiger partial charge >= 0.3 is 6.09 Å². The molecule has 134 valence electrons. The molecule has 0 aromatic rings. The summed E-state index contributed by atoms with van der Waals surface area (Å²) in [4.78, 5) is 14.1. The highest BCUT2D eigenvalue weighted by Crippen LogP contribution is 2.39. The lowest BCUT2D eigenvalue weighted by molar-refractivity contribution is 0.00463. The molecule has 0 aromatic heterocycles. The summed E-state index contributed by atoms with van der Waals surface area (Å²) in [5.74, 6) is 0.144. The van der Waals surface area contributed by atoms with E-state index in [9.17, 15) is 13.2 Å². The van der Waals surface area contributed by atoms with Crippen molar-refractivity contribution >= 4 is 16.1 Å². The predicted molar refractivity (Wildman–Crippen MR) is 89.7 cm³/mol. The van der Waals surface area contributed by atoms with Crippen molar-refractivity contribution < 1.29 is 17.9 Å². The lowest BCUT2D eigenvalue weighted by Gasteiger charge is -2.52. The molecule has 2 atom stereocenters. The van der Waals surface area contributed by atoms with Crippen LogP contribution in [0.25, 0.3) is 0 Å². The van der Waals surface area contributed by atoms with Crippen LogP contribution in [-0.2, 0) is 14.8 Å². The van der Waals surface area contributed by atoms with Crippen LogP contribution < -0.4 is 0 Å². The third-order valence-corrected chi connectivity index (χ3v) is 7.00. The molecule has 2 aliphatic heterocycles. The van der Waals surface area contributed by atoms with Crippen LogP contribution in [0.2, 0.25) is 0 Å². The van der Waals surface area contributed by atoms with E-state index in [4.69, 9.17) is 4.74 Å². The highest BCUT2D eigenvalue weighted by molar-refractivity contribution is 7.89. The summed E-state index contributed by atoms with van der Waals surface area (Å²) in [6, 6.07) is 0.0416. The van der Waals surface area contributed by atoms with Crippen molar-refractivity contribution in [3.05, 3.63) is 0 Å². The zero-order chi connectivity index (χ0) is 17.4. The SMILES string of the molecule is CCS(=O)(=O)N1C2CCCC1CC(N(C(=O)OC)C(C)(C)C)C2. The molecule has 2 bridgehead atoms. The Hall–Kier alpha value is -0.820. The van der Waals surface area contributed by atoms with Gasteiger partial charge in [0.15, 0.2) is 0 Å². The van der Waals surface area contributed by atoms with Gasteiger partial charge in [0.05, 0.1) is 12.9 Å². The maximum Gasteiger partial charge on any atom is 0.410 e. The number of hydrogen-bond donors (Lipinski definition) is 0. The lowest BCUT2D eigenvalue weighted by atomic mass is 9.82. The van der Waals surface area contributed by atoms with E-state index < -0.39 is 10.0 Å². The first kappa shape index (κ1) is 18.5. The second-order valence-corrected chi connectivity index (χ2v) is 9.77. The van der Waals surface area contributed by atoms with E-state index in [1.165, 1.54) is 7.11 Å². The van der Waals surface area contributed by atoms with Gasteiger partial charge in [-0.2, -0.15) is 4.31 Å². The predicted octanol–water partition coefficient (Wildman–Crippen LogP) is 2.59. The highest BCUT2D eigenvalue weighted by Gasteiger charge is 2.47. The molecule has 2 fully saturated rings. The summed E-state index contributed by atoms with van der Waals surface area (Å²) in [7, 11) is -1.79. The molecule has 2 unspecified atom stereocenters. The molecule has 0 saturated carbocycles. The van der Waals surface area contributed by atoms with Crippen molar-refractivity contribution in [3.63, 3.8) is 0 Å². The Bertz CT molecular complexity index is 527. The summed E-state index contributed by atoms with van der Waals surface area (Å²) in [6.07, 6.45) is 3.89. The number of hydrogen-bond acceptors (Lipinski definition) is 4. The molecule has 2 saturated heterocycles. The smallest absolute Gasteiger partial charge is 0.410 e. The van der Waals surface area contributed by atoms with Crippen molar-refractivity contribution in [3.8, 4) is 0 Å². The van der Waals surface area contributed by atoms with Crippen LogP contribution in [0.15, 0.2) is 0 Å². The zero-order valence-electron chi connectivity index (χ0n) is 14.9. The van der Waals surface area contributed by atoms with Gasteiger partial charge in [0.25, 0.3) is 0 Å². The summed E-state index contributed by atoms with van der Waals surface area (Å²) < 4.78 is 31.6. The van der Waals surface area contributed by atoms with Crippen molar-refractivity contribution in [1.82, 2.24) is 9.21 Å². The molecule has 1 amide bonds. The van der Waals surface area contributed by atoms with Gasteiger partial charge in [-0.05, 0) is 53.4 Å². The van der Waals surface area contributed by atoms with E-state index in [2.05, 4.69) is 0 Å². The molecule has 23 heavy (non-hydrogen) atoms. The number of methoxy groups -OCH3 is 1. The van der Waals surface area contributed by atoms with Gasteiger partial charge in [-0.25, -0.2) is 13.2 Å². The average Bonchev–Trinajstić information content (AvgIpc) is 2.44. The highest BCUT2D eigenvalue weighted by atomic mass is 32.2. The molecule has 0 aliphatic carbocycles. The van der Waals surface area contributed by atoms with Gasteiger partial charge in [-0.3, -0.25) is 0 Å². The van der Waals surface area contributed by atoms with Gasteiger partial charge < -0.3 is 9.64 Å². The maximum absolute atomic E-state index is 12.5. The number of carbonyl (C=O) groups is 1. The molecule has 0 spiro atoms. The van der Waals surface area contributed by atoms with Crippen molar-refractivity contribution in [1.29, 1.82) is 0 Å². The van der Waals surface area contributed by atoms with Gasteiger partial charge in [0, 0.05) is 23.7 Å². The minimum atomic E-state index is -3.19. The minimum absolute atomic E-state index is 0.00644. The monoisotopic (exact) mass is 346 g/mol. The third kappa shape index (κ3) is 3.65. The largest absolute Gasteiger partial charge is 0.453 e. The second kappa shape index (κ2) is 6.59. The van der Waals surface area contributed by atoms with Gasteiger partial charge in [-0.1, -0.05) is 6.42 Å². The molecule has 0 N–H and O–H groups in total. The number of piperidine rings is 2. The zero-order valence-corrected chi connectivity index (χ0v) is 15.7. The molecular weight excluding hydrogens is 316 g/mol. The van der Waals surface area contributed by atoms with E-state index >= 15 is 0 Å². The first-order chi connectivity index (χ1) is 10.6. The van der Waals surface area contributed by atoms with E-state index in [0.717, 1.165) is 19.3 Å². The van der Waals surface area contributed by atoms with E-state index in [1.807, 2.05) is 20.8 Å². The van der Waals surface area contributed by atoms with Gasteiger partial charge in [0.2, 0.25) is 10.0 Å². The van der Waals surface area contributed by atoms with Crippen LogP contribution in [0.5, 0.6) is 0 Å². The summed E-state index contributed by atoms with van der Waals surface area (Å²) in [5, 5.41) is 0. The van der Waals surface area contributed by atoms with E-state index in [0.29, 0.717) is 12.8 Å². The summed E-state index contributed by atoms with van der Waals surface area (Å²) in [6.45, 7) is 7.69. The first-order valence-electron chi connectivity index (χ1n) is 8.50. The fourth-order valence-corrected chi connectivity index (χ4v) is 5.78. The Labute approximate surface area is 140 Å². The number of amides is 1. The number of fused-ring (bicyclic) bond motifs is 2. The number of carbonyl (C=O) groups excluding carboxylic acids is 1. The molecular formula is C16H30N2O4S. The normalized spacial score (nSPS) is 29.2. The fraction of sp³-hybridized carbons (Fsp3) is 0.938. The number of sulfonamides is 1. The standard InChI is InChI=1S/C16H30N2O4S/c1-6-23(20,21)18-12-8-7-9-13(18)11-14(10-12)17(15(19)22-5)16(2,3)4/h12-14H,6-11H2,1-5H3. The van der Waals surface area contributed by atoms with Crippen molar-refractivity contribution in [2.45, 2.75) is 83.5 Å². The Morgan fingerprint density at radius 2 is 1.74 bits per heavy atom. The Kier molecular flexibility index (Phi) is 5.31. The van der Waals surface area contributed by atoms with E-state index in [-0.39, 0.29) is 35.5 Å². The average molecular weight is 346 g/mol. The number of rotatable bonds is 3. The minimum Gasteiger partial charge on any atom is -0.453 e. The molecule has 0 aromatic carbocycles. The second-order valence-electron chi connectivity index (χ2n) is 7.61. The summed E-state index contributed by atoms with van der Waals surface area (Å²) in [5.41, 5.74) is -0.349. The lowest BCUT2D eigenvalue weighted by Crippen LogP contribution is -2.62. The molecule has 2 rings (SSSR count). The Morgan fingerprint density at radius 3 is 2.13 bits per heavy atom. The molecule has 0 radical (unpaired) electrons. The quantitative estimate of drug-likeness (QED) is 0.788. The molecule has 7 heteroatoms. The fourth-order valence-electron chi connectivity index (χ4n) is 4.19. The topological polar surface area (TPSA) is 66.9 Å². The van der Waals surface area contributed by atoms with Crippen molar-refractivity contribution in [2.24, 2.45) is 0 Å². The molecule has 2 aliphatic rings. The van der Waals surface area contributed by atoms with Crippen LogP contribution in [0.4, 0.5) is 4.79 Å². The van der Waals surface area contributed by atoms with Crippen LogP contribution in [0, 0.1) is 0 Å². The van der Waals surface area contributed by atoms with E-state index in [1.54, 1.807) is 16.1 Å². The number of nitrogens with zero attached hydrogens (tertiary/aromatic N) is 2. The van der Waals surface area contributed by atoms with Gasteiger partial charge in [-0.15, -0.1) is 0 Å². The maximum atomic E-state index is 12.5. The number of ether oxygens (including phenoxy) is 1. The Morgan fingerprint density at radius 1 is 1.22 bits per heavy atom. The van der Waals surface area contributed by atoms with Crippen LogP contribution in [0.1, 0.15) is 59.8 Å². The van der Waals surface area contributed by atoms with Crippen molar-refractivity contribution in [2.75, 3.05) is 12.9 Å². The third-order valence-electron chi connectivity index (χ3n) is 5.03. The Balaban J connectivity index is 2.28. The van der Waals surface area contributed by atoms with Gasteiger partial charge in [0.1, 0.15) is 0 Å². The molecule has 2 heterocycles.